The average Bonchev–Trinajstić information content (AvgIpc) is 2.69. The quantitative estimate of drug-likeness (QED) is 0.490. The summed E-state index contributed by atoms with van der Waals surface area (Å²) in [7, 11) is -4.72. The first kappa shape index (κ1) is 15.1. The molecule has 0 radical (unpaired) electrons. The van der Waals surface area contributed by atoms with Crippen LogP contribution in [0.15, 0.2) is 17.1 Å². The van der Waals surface area contributed by atoms with Crippen LogP contribution in [0, 0.1) is 0 Å². The van der Waals surface area contributed by atoms with Gasteiger partial charge in [0.1, 0.15) is 24.3 Å². The van der Waals surface area contributed by atoms with E-state index in [9.17, 15) is 9.36 Å². The molecule has 0 unspecified atom stereocenters. The largest absolute Gasteiger partial charge is 0.469 e. The van der Waals surface area contributed by atoms with E-state index in [0.717, 1.165) is 4.57 Å². The molecule has 1 aromatic rings. The predicted molar refractivity (Wildman–Crippen MR) is 65.4 cm³/mol. The van der Waals surface area contributed by atoms with Gasteiger partial charge in [0.05, 0.1) is 6.61 Å². The molecule has 0 aromatic carbocycles. The van der Waals surface area contributed by atoms with Crippen molar-refractivity contribution >= 4 is 13.6 Å². The predicted octanol–water partition coefficient (Wildman–Crippen LogP) is -1.42. The highest BCUT2D eigenvalue weighted by atomic mass is 31.2. The second-order valence-electron chi connectivity index (χ2n) is 4.22. The Kier molecular flexibility index (Phi) is 4.23. The first-order valence-corrected chi connectivity index (χ1v) is 7.18. The van der Waals surface area contributed by atoms with Crippen LogP contribution in [0.3, 0.4) is 0 Å². The Morgan fingerprint density at radius 2 is 2.30 bits per heavy atom. The number of nitrogen functional groups attached to an aromatic ring is 1. The standard InChI is InChI=1S/C9H14N3O7P/c10-7-1-2-12(9(14)11-7)8-3-5(6(4-13)18-8)19-20(15,16)17/h1-2,5-6,8,13H,3-4H2,(H2,10,11,14)(H2,15,16,17)/t5-,6-,8+/m1/s1. The number of anilines is 1. The second kappa shape index (κ2) is 5.60. The fourth-order valence-electron chi connectivity index (χ4n) is 1.97. The van der Waals surface area contributed by atoms with Crippen molar-refractivity contribution in [1.29, 1.82) is 0 Å². The molecule has 2 heterocycles. The molecule has 1 aromatic heterocycles. The maximum Gasteiger partial charge on any atom is 0.469 e. The third-order valence-corrected chi connectivity index (χ3v) is 3.34. The van der Waals surface area contributed by atoms with Gasteiger partial charge in [-0.3, -0.25) is 9.09 Å². The number of aliphatic hydroxyl groups excluding tert-OH is 1. The molecule has 11 heteroatoms. The van der Waals surface area contributed by atoms with Crippen LogP contribution >= 0.6 is 7.82 Å². The lowest BCUT2D eigenvalue weighted by Crippen LogP contribution is -2.28. The monoisotopic (exact) mass is 307 g/mol. The Morgan fingerprint density at radius 3 is 2.85 bits per heavy atom. The van der Waals surface area contributed by atoms with Gasteiger partial charge in [0.25, 0.3) is 0 Å². The summed E-state index contributed by atoms with van der Waals surface area (Å²) in [5.74, 6) is 0.0472. The number of ether oxygens (including phenoxy) is 1. The molecular weight excluding hydrogens is 293 g/mol. The van der Waals surface area contributed by atoms with E-state index in [1.165, 1.54) is 12.3 Å². The third-order valence-electron chi connectivity index (χ3n) is 2.79. The molecule has 0 spiro atoms. The van der Waals surface area contributed by atoms with E-state index >= 15 is 0 Å². The van der Waals surface area contributed by atoms with Crippen molar-refractivity contribution in [2.24, 2.45) is 0 Å². The minimum atomic E-state index is -4.72. The summed E-state index contributed by atoms with van der Waals surface area (Å²) >= 11 is 0. The molecule has 0 saturated carbocycles. The van der Waals surface area contributed by atoms with Crippen molar-refractivity contribution < 1.29 is 28.7 Å². The van der Waals surface area contributed by atoms with Crippen LogP contribution in [0.5, 0.6) is 0 Å². The number of nitrogens with two attached hydrogens (primary N) is 1. The van der Waals surface area contributed by atoms with Gasteiger partial charge in [0.2, 0.25) is 0 Å². The van der Waals surface area contributed by atoms with Crippen molar-refractivity contribution in [3.05, 3.63) is 22.7 Å². The Balaban J connectivity index is 2.20. The van der Waals surface area contributed by atoms with Gasteiger partial charge in [-0.15, -0.1) is 0 Å². The van der Waals surface area contributed by atoms with Crippen LogP contribution in [0.1, 0.15) is 12.6 Å². The molecule has 0 amide bonds. The summed E-state index contributed by atoms with van der Waals surface area (Å²) in [6.45, 7) is -0.502. The van der Waals surface area contributed by atoms with E-state index < -0.39 is 38.6 Å². The normalized spacial score (nSPS) is 26.9. The van der Waals surface area contributed by atoms with Gasteiger partial charge in [-0.2, -0.15) is 4.98 Å². The van der Waals surface area contributed by atoms with Crippen LogP contribution < -0.4 is 11.4 Å². The second-order valence-corrected chi connectivity index (χ2v) is 5.42. The molecule has 3 atom stereocenters. The van der Waals surface area contributed by atoms with Crippen molar-refractivity contribution in [1.82, 2.24) is 9.55 Å². The summed E-state index contributed by atoms with van der Waals surface area (Å²) in [5, 5.41) is 9.13. The van der Waals surface area contributed by atoms with Gasteiger partial charge in [-0.25, -0.2) is 9.36 Å². The fourth-order valence-corrected chi connectivity index (χ4v) is 2.54. The lowest BCUT2D eigenvalue weighted by molar-refractivity contribution is -0.0452. The highest BCUT2D eigenvalue weighted by Crippen LogP contribution is 2.43. The molecule has 1 saturated heterocycles. The van der Waals surface area contributed by atoms with Crippen LogP contribution in [0.2, 0.25) is 0 Å². The molecule has 0 bridgehead atoms. The summed E-state index contributed by atoms with van der Waals surface area (Å²) < 4.78 is 21.8. The van der Waals surface area contributed by atoms with E-state index in [1.807, 2.05) is 0 Å². The van der Waals surface area contributed by atoms with Gasteiger partial charge in [0.15, 0.2) is 0 Å². The zero-order valence-corrected chi connectivity index (χ0v) is 11.1. The number of phosphoric acid groups is 1. The minimum absolute atomic E-state index is 0.0121. The fraction of sp³-hybridized carbons (Fsp3) is 0.556. The first-order valence-electron chi connectivity index (χ1n) is 5.65. The molecule has 0 aliphatic carbocycles. The number of hydrogen-bond donors (Lipinski definition) is 4. The Morgan fingerprint density at radius 1 is 1.60 bits per heavy atom. The summed E-state index contributed by atoms with van der Waals surface area (Å²) in [4.78, 5) is 32.8. The molecule has 2 rings (SSSR count). The molecule has 1 aliphatic rings. The van der Waals surface area contributed by atoms with Gasteiger partial charge in [-0.05, 0) is 6.07 Å². The maximum absolute atomic E-state index is 11.6. The number of nitrogens with zero attached hydrogens (tertiary/aromatic N) is 2. The molecule has 112 valence electrons. The number of rotatable bonds is 4. The first-order chi connectivity index (χ1) is 9.30. The van der Waals surface area contributed by atoms with Gasteiger partial charge >= 0.3 is 13.5 Å². The van der Waals surface area contributed by atoms with Crippen molar-refractivity contribution in [2.45, 2.75) is 24.9 Å². The minimum Gasteiger partial charge on any atom is -0.394 e. The Hall–Kier alpha value is -1.29. The highest BCUT2D eigenvalue weighted by Gasteiger charge is 2.40. The third kappa shape index (κ3) is 3.42. The van der Waals surface area contributed by atoms with Gasteiger partial charge in [0, 0.05) is 12.6 Å². The lowest BCUT2D eigenvalue weighted by atomic mass is 10.2. The topological polar surface area (TPSA) is 157 Å². The number of aromatic nitrogens is 2. The molecule has 5 N–H and O–H groups in total. The zero-order chi connectivity index (χ0) is 14.9. The molecule has 20 heavy (non-hydrogen) atoms. The molecule has 10 nitrogen and oxygen atoms in total. The zero-order valence-electron chi connectivity index (χ0n) is 10.2. The van der Waals surface area contributed by atoms with Crippen LogP contribution in [0.4, 0.5) is 5.82 Å². The van der Waals surface area contributed by atoms with Crippen LogP contribution in [-0.4, -0.2) is 43.3 Å². The summed E-state index contributed by atoms with van der Waals surface area (Å²) in [6, 6.07) is 1.38. The van der Waals surface area contributed by atoms with E-state index in [2.05, 4.69) is 9.51 Å². The van der Waals surface area contributed by atoms with E-state index in [4.69, 9.17) is 25.4 Å². The Labute approximate surface area is 113 Å². The lowest BCUT2D eigenvalue weighted by Gasteiger charge is -2.16. The Bertz CT molecular complexity index is 585. The van der Waals surface area contributed by atoms with Gasteiger partial charge in [-0.1, -0.05) is 0 Å². The highest BCUT2D eigenvalue weighted by molar-refractivity contribution is 7.46. The van der Waals surface area contributed by atoms with E-state index in [0.29, 0.717) is 0 Å². The van der Waals surface area contributed by atoms with Gasteiger partial charge < -0.3 is 25.4 Å². The van der Waals surface area contributed by atoms with Crippen LogP contribution in [-0.2, 0) is 13.8 Å². The van der Waals surface area contributed by atoms with Crippen molar-refractivity contribution in [2.75, 3.05) is 12.3 Å². The summed E-state index contributed by atoms with van der Waals surface area (Å²) in [6.07, 6.45) is -1.48. The molecule has 1 aliphatic heterocycles. The van der Waals surface area contributed by atoms with Crippen molar-refractivity contribution in [3.8, 4) is 0 Å². The number of hydrogen-bond acceptors (Lipinski definition) is 7. The van der Waals surface area contributed by atoms with Crippen molar-refractivity contribution in [3.63, 3.8) is 0 Å². The molecule has 1 fully saturated rings. The van der Waals surface area contributed by atoms with E-state index in [-0.39, 0.29) is 12.2 Å². The summed E-state index contributed by atoms with van der Waals surface area (Å²) in [5.41, 5.74) is 4.69. The molecular formula is C9H14N3O7P. The smallest absolute Gasteiger partial charge is 0.394 e. The van der Waals surface area contributed by atoms with E-state index in [1.54, 1.807) is 0 Å². The number of aliphatic hydroxyl groups is 1. The maximum atomic E-state index is 11.6. The number of phosphoric ester groups is 1. The van der Waals surface area contributed by atoms with Crippen LogP contribution in [0.25, 0.3) is 0 Å². The average molecular weight is 307 g/mol. The SMILES string of the molecule is Nc1ccn([C@@H]2C[C@@H](OP(=O)(O)O)[C@@H](CO)O2)c(=O)n1.